The molecule has 0 fully saturated rings. The van der Waals surface area contributed by atoms with Gasteiger partial charge in [0.1, 0.15) is 11.4 Å². The van der Waals surface area contributed by atoms with E-state index in [1.807, 2.05) is 44.2 Å². The van der Waals surface area contributed by atoms with Crippen LogP contribution in [0.1, 0.15) is 16.7 Å². The van der Waals surface area contributed by atoms with Crippen LogP contribution in [0.25, 0.3) is 5.57 Å². The average molecular weight is 336 g/mol. The van der Waals surface area contributed by atoms with Crippen molar-refractivity contribution >= 4 is 23.1 Å². The lowest BCUT2D eigenvalue weighted by Gasteiger charge is -2.11. The zero-order chi connectivity index (χ0) is 18.1. The van der Waals surface area contributed by atoms with Crippen LogP contribution in [0, 0.1) is 13.8 Å². The van der Waals surface area contributed by atoms with Gasteiger partial charge in [-0.25, -0.2) is 0 Å². The maximum Gasteiger partial charge on any atom is 0.277 e. The van der Waals surface area contributed by atoms with Gasteiger partial charge in [-0.2, -0.15) is 0 Å². The minimum atomic E-state index is -0.337. The Morgan fingerprint density at radius 2 is 1.64 bits per heavy atom. The fourth-order valence-corrected chi connectivity index (χ4v) is 2.92. The molecule has 25 heavy (non-hydrogen) atoms. The molecule has 3 rings (SSSR count). The molecule has 0 aromatic heterocycles. The molecule has 1 N–H and O–H groups in total. The Bertz CT molecular complexity index is 882. The molecule has 2 amide bonds. The van der Waals surface area contributed by atoms with E-state index in [1.165, 1.54) is 7.05 Å². The van der Waals surface area contributed by atoms with E-state index >= 15 is 0 Å². The second-order valence-electron chi connectivity index (χ2n) is 6.09. The molecule has 5 nitrogen and oxygen atoms in total. The van der Waals surface area contributed by atoms with Gasteiger partial charge in [-0.1, -0.05) is 23.8 Å². The number of imide groups is 1. The smallest absolute Gasteiger partial charge is 0.277 e. The van der Waals surface area contributed by atoms with Gasteiger partial charge in [-0.05, 0) is 49.2 Å². The summed E-state index contributed by atoms with van der Waals surface area (Å²) >= 11 is 0. The summed E-state index contributed by atoms with van der Waals surface area (Å²) in [7, 11) is 3.09. The van der Waals surface area contributed by atoms with E-state index in [4.69, 9.17) is 4.74 Å². The molecule has 0 atom stereocenters. The molecule has 128 valence electrons. The lowest BCUT2D eigenvalue weighted by atomic mass is 9.97. The number of nitrogens with one attached hydrogen (secondary N) is 1. The van der Waals surface area contributed by atoms with Gasteiger partial charge in [0.2, 0.25) is 0 Å². The molecule has 2 aromatic carbocycles. The van der Waals surface area contributed by atoms with Gasteiger partial charge >= 0.3 is 0 Å². The van der Waals surface area contributed by atoms with Gasteiger partial charge in [-0.15, -0.1) is 0 Å². The van der Waals surface area contributed by atoms with Gasteiger partial charge in [-0.3, -0.25) is 14.5 Å². The molecule has 5 heteroatoms. The van der Waals surface area contributed by atoms with Gasteiger partial charge in [0.25, 0.3) is 11.8 Å². The predicted octanol–water partition coefficient (Wildman–Crippen LogP) is 3.13. The fraction of sp³-hybridized carbons (Fsp3) is 0.200. The van der Waals surface area contributed by atoms with Crippen LogP contribution in [0.4, 0.5) is 5.69 Å². The number of carbonyl (C=O) groups excluding carboxylic acids is 2. The first-order valence-electron chi connectivity index (χ1n) is 7.97. The van der Waals surface area contributed by atoms with Crippen molar-refractivity contribution in [3.63, 3.8) is 0 Å². The number of anilines is 1. The number of rotatable bonds is 4. The van der Waals surface area contributed by atoms with Crippen molar-refractivity contribution in [2.45, 2.75) is 13.8 Å². The Morgan fingerprint density at radius 3 is 2.24 bits per heavy atom. The summed E-state index contributed by atoms with van der Waals surface area (Å²) in [6.45, 7) is 3.94. The van der Waals surface area contributed by atoms with Gasteiger partial charge in [0, 0.05) is 12.7 Å². The van der Waals surface area contributed by atoms with Crippen molar-refractivity contribution < 1.29 is 14.3 Å². The van der Waals surface area contributed by atoms with E-state index in [0.717, 1.165) is 33.0 Å². The Balaban J connectivity index is 2.08. The van der Waals surface area contributed by atoms with Gasteiger partial charge < -0.3 is 10.1 Å². The van der Waals surface area contributed by atoms with E-state index in [1.54, 1.807) is 19.2 Å². The average Bonchev–Trinajstić information content (AvgIpc) is 2.80. The van der Waals surface area contributed by atoms with Crippen LogP contribution in [0.5, 0.6) is 5.75 Å². The fourth-order valence-electron chi connectivity index (χ4n) is 2.92. The van der Waals surface area contributed by atoms with Crippen molar-refractivity contribution in [1.29, 1.82) is 0 Å². The number of likely N-dealkylation sites (N-methyl/N-ethyl adjacent to an activating group) is 1. The Labute approximate surface area is 146 Å². The number of hydrogen-bond donors (Lipinski definition) is 1. The predicted molar refractivity (Wildman–Crippen MR) is 97.2 cm³/mol. The van der Waals surface area contributed by atoms with Crippen LogP contribution in [-0.2, 0) is 9.59 Å². The van der Waals surface area contributed by atoms with Crippen LogP contribution in [-0.4, -0.2) is 30.9 Å². The molecule has 0 bridgehead atoms. The summed E-state index contributed by atoms with van der Waals surface area (Å²) in [5.41, 5.74) is 4.25. The molecule has 1 aliphatic heterocycles. The second-order valence-corrected chi connectivity index (χ2v) is 6.09. The number of amides is 2. The molecule has 0 aliphatic carbocycles. The summed E-state index contributed by atoms with van der Waals surface area (Å²) in [6.07, 6.45) is 0. The number of carbonyl (C=O) groups is 2. The molecular weight excluding hydrogens is 316 g/mol. The molecule has 0 spiro atoms. The number of methoxy groups -OCH3 is 1. The topological polar surface area (TPSA) is 58.6 Å². The lowest BCUT2D eigenvalue weighted by molar-refractivity contribution is -0.135. The van der Waals surface area contributed by atoms with E-state index in [9.17, 15) is 9.59 Å². The quantitative estimate of drug-likeness (QED) is 0.872. The van der Waals surface area contributed by atoms with E-state index in [-0.39, 0.29) is 11.8 Å². The number of nitrogens with zero attached hydrogens (tertiary/aromatic N) is 1. The molecule has 2 aromatic rings. The van der Waals surface area contributed by atoms with Crippen LogP contribution < -0.4 is 10.1 Å². The van der Waals surface area contributed by atoms with Crippen LogP contribution in [0.2, 0.25) is 0 Å². The number of hydrogen-bond acceptors (Lipinski definition) is 4. The third-order valence-corrected chi connectivity index (χ3v) is 4.30. The van der Waals surface area contributed by atoms with Gasteiger partial charge in [0.15, 0.2) is 0 Å². The van der Waals surface area contributed by atoms with E-state index in [0.29, 0.717) is 11.3 Å². The minimum absolute atomic E-state index is 0.296. The van der Waals surface area contributed by atoms with Crippen LogP contribution in [0.15, 0.2) is 48.2 Å². The highest BCUT2D eigenvalue weighted by molar-refractivity contribution is 6.36. The monoisotopic (exact) mass is 336 g/mol. The van der Waals surface area contributed by atoms with E-state index in [2.05, 4.69) is 5.32 Å². The highest BCUT2D eigenvalue weighted by atomic mass is 16.5. The SMILES string of the molecule is COc1ccc(NC2=C(c3ccc(C)cc3C)C(=O)N(C)C2=O)cc1. The van der Waals surface area contributed by atoms with Crippen molar-refractivity contribution in [2.24, 2.45) is 0 Å². The standard InChI is InChI=1S/C20H20N2O3/c1-12-5-10-16(13(2)11-12)17-18(20(24)22(3)19(17)23)21-14-6-8-15(25-4)9-7-14/h5-11,21H,1-4H3. The van der Waals surface area contributed by atoms with E-state index < -0.39 is 0 Å². The molecule has 0 saturated heterocycles. The Morgan fingerprint density at radius 1 is 0.960 bits per heavy atom. The summed E-state index contributed by atoms with van der Waals surface area (Å²) < 4.78 is 5.14. The Kier molecular flexibility index (Phi) is 4.31. The summed E-state index contributed by atoms with van der Waals surface area (Å²) in [6, 6.07) is 13.0. The minimum Gasteiger partial charge on any atom is -0.497 e. The number of benzene rings is 2. The van der Waals surface area contributed by atoms with Crippen molar-refractivity contribution in [3.8, 4) is 5.75 Å². The normalized spacial score (nSPS) is 14.3. The van der Waals surface area contributed by atoms with Crippen LogP contribution >= 0.6 is 0 Å². The third kappa shape index (κ3) is 3.01. The largest absolute Gasteiger partial charge is 0.497 e. The first-order chi connectivity index (χ1) is 11.9. The summed E-state index contributed by atoms with van der Waals surface area (Å²) in [5.74, 6) is 0.0869. The zero-order valence-corrected chi connectivity index (χ0v) is 14.7. The molecule has 1 aliphatic rings. The number of ether oxygens (including phenoxy) is 1. The molecule has 0 saturated carbocycles. The summed E-state index contributed by atoms with van der Waals surface area (Å²) in [5, 5.41) is 3.11. The highest BCUT2D eigenvalue weighted by Gasteiger charge is 2.37. The van der Waals surface area contributed by atoms with Crippen molar-refractivity contribution in [1.82, 2.24) is 4.90 Å². The first kappa shape index (κ1) is 16.8. The second kappa shape index (κ2) is 6.43. The van der Waals surface area contributed by atoms with Gasteiger partial charge in [0.05, 0.1) is 12.7 Å². The maximum absolute atomic E-state index is 12.6. The lowest BCUT2D eigenvalue weighted by Crippen LogP contribution is -2.27. The third-order valence-electron chi connectivity index (χ3n) is 4.30. The van der Waals surface area contributed by atoms with Crippen molar-refractivity contribution in [3.05, 3.63) is 64.9 Å². The first-order valence-corrected chi connectivity index (χ1v) is 7.97. The Hall–Kier alpha value is -3.08. The molecule has 0 radical (unpaired) electrons. The zero-order valence-electron chi connectivity index (χ0n) is 14.7. The van der Waals surface area contributed by atoms with Crippen LogP contribution in [0.3, 0.4) is 0 Å². The molecule has 0 unspecified atom stereocenters. The van der Waals surface area contributed by atoms with Crippen molar-refractivity contribution in [2.75, 3.05) is 19.5 Å². The summed E-state index contributed by atoms with van der Waals surface area (Å²) in [4.78, 5) is 26.3. The highest BCUT2D eigenvalue weighted by Crippen LogP contribution is 2.32. The molecule has 1 heterocycles. The maximum atomic E-state index is 12.6. The number of aryl methyl sites for hydroxylation is 2. The molecular formula is C20H20N2O3.